The first-order chi connectivity index (χ1) is 8.01. The van der Waals surface area contributed by atoms with Crippen molar-refractivity contribution in [2.75, 3.05) is 7.11 Å². The lowest BCUT2D eigenvalue weighted by molar-refractivity contribution is -0.139. The lowest BCUT2D eigenvalue weighted by atomic mass is 10.1. The van der Waals surface area contributed by atoms with Gasteiger partial charge in [0.15, 0.2) is 0 Å². The number of alkyl halides is 3. The normalized spacial score (nSPS) is 10.7. The van der Waals surface area contributed by atoms with E-state index in [2.05, 4.69) is 41.6 Å². The lowest BCUT2D eigenvalue weighted by Crippen LogP contribution is -2.10. The zero-order valence-electron chi connectivity index (χ0n) is 8.84. The van der Waals surface area contributed by atoms with Crippen LogP contribution >= 0.6 is 31.9 Å². The molecule has 1 aromatic rings. The highest BCUT2D eigenvalue weighted by molar-refractivity contribution is 9.10. The van der Waals surface area contributed by atoms with Gasteiger partial charge < -0.3 is 4.74 Å². The largest absolute Gasteiger partial charge is 0.469 e. The van der Waals surface area contributed by atoms with Gasteiger partial charge in [0.2, 0.25) is 0 Å². The van der Waals surface area contributed by atoms with E-state index in [9.17, 15) is 13.6 Å². The van der Waals surface area contributed by atoms with E-state index in [0.717, 1.165) is 6.20 Å². The lowest BCUT2D eigenvalue weighted by Gasteiger charge is -2.12. The molecule has 0 saturated heterocycles. The number of hydrogen-bond acceptors (Lipinski definition) is 3. The van der Waals surface area contributed by atoms with Gasteiger partial charge in [0.05, 0.1) is 19.2 Å². The van der Waals surface area contributed by atoms with E-state index in [1.165, 1.54) is 7.11 Å². The summed E-state index contributed by atoms with van der Waals surface area (Å²) in [5.41, 5.74) is 0.525. The Morgan fingerprint density at radius 1 is 1.59 bits per heavy atom. The zero-order chi connectivity index (χ0) is 13.0. The summed E-state index contributed by atoms with van der Waals surface area (Å²) in [5, 5.41) is 0.408. The van der Waals surface area contributed by atoms with Crippen LogP contribution in [0.5, 0.6) is 0 Å². The number of pyridine rings is 1. The van der Waals surface area contributed by atoms with Crippen molar-refractivity contribution < 1.29 is 18.3 Å². The van der Waals surface area contributed by atoms with E-state index >= 15 is 0 Å². The molecule has 1 heterocycles. The van der Waals surface area contributed by atoms with Gasteiger partial charge in [-0.3, -0.25) is 9.78 Å². The molecule has 0 aliphatic rings. The van der Waals surface area contributed by atoms with Crippen LogP contribution in [0.25, 0.3) is 0 Å². The van der Waals surface area contributed by atoms with Crippen LogP contribution in [-0.2, 0) is 21.3 Å². The minimum Gasteiger partial charge on any atom is -0.469 e. The van der Waals surface area contributed by atoms with Gasteiger partial charge in [-0.25, -0.2) is 8.78 Å². The summed E-state index contributed by atoms with van der Waals surface area (Å²) in [6, 6.07) is 0. The van der Waals surface area contributed by atoms with Crippen LogP contribution in [0.3, 0.4) is 0 Å². The quantitative estimate of drug-likeness (QED) is 0.600. The van der Waals surface area contributed by atoms with E-state index < -0.39 is 12.4 Å². The Kier molecular flexibility index (Phi) is 5.45. The molecule has 0 aromatic carbocycles. The first-order valence-corrected chi connectivity index (χ1v) is 6.49. The Morgan fingerprint density at radius 2 is 2.24 bits per heavy atom. The van der Waals surface area contributed by atoms with Gasteiger partial charge >= 0.3 is 5.97 Å². The molecule has 3 nitrogen and oxygen atoms in total. The fourth-order valence-corrected chi connectivity index (χ4v) is 2.67. The Labute approximate surface area is 114 Å². The van der Waals surface area contributed by atoms with Gasteiger partial charge in [0, 0.05) is 21.6 Å². The number of hydrogen-bond donors (Lipinski definition) is 0. The SMILES string of the molecule is COC(=O)Cc1c(C(F)F)cnc(CBr)c1Br. The van der Waals surface area contributed by atoms with Crippen LogP contribution in [0, 0.1) is 0 Å². The molecule has 94 valence electrons. The van der Waals surface area contributed by atoms with Crippen molar-refractivity contribution in [3.63, 3.8) is 0 Å². The highest BCUT2D eigenvalue weighted by Crippen LogP contribution is 2.31. The van der Waals surface area contributed by atoms with Crippen molar-refractivity contribution in [3.05, 3.63) is 27.5 Å². The van der Waals surface area contributed by atoms with Gasteiger partial charge in [0.25, 0.3) is 6.43 Å². The summed E-state index contributed by atoms with van der Waals surface area (Å²) in [7, 11) is 1.21. The van der Waals surface area contributed by atoms with Crippen LogP contribution in [0.2, 0.25) is 0 Å². The van der Waals surface area contributed by atoms with Crippen LogP contribution in [0.15, 0.2) is 10.7 Å². The Bertz CT molecular complexity index is 427. The molecule has 0 N–H and O–H groups in total. The van der Waals surface area contributed by atoms with Crippen molar-refractivity contribution in [2.24, 2.45) is 0 Å². The van der Waals surface area contributed by atoms with E-state index in [4.69, 9.17) is 0 Å². The Hall–Kier alpha value is -0.560. The minimum atomic E-state index is -2.68. The molecule has 0 bridgehead atoms. The molecule has 1 rings (SSSR count). The van der Waals surface area contributed by atoms with Gasteiger partial charge in [-0.2, -0.15) is 0 Å². The number of nitrogens with zero attached hydrogens (tertiary/aromatic N) is 1. The number of rotatable bonds is 4. The molecule has 0 aliphatic heterocycles. The molecule has 0 fully saturated rings. The average Bonchev–Trinajstić information content (AvgIpc) is 2.30. The fraction of sp³-hybridized carbons (Fsp3) is 0.400. The van der Waals surface area contributed by atoms with Gasteiger partial charge in [-0.05, 0) is 21.5 Å². The monoisotopic (exact) mass is 371 g/mol. The van der Waals surface area contributed by atoms with Crippen molar-refractivity contribution in [3.8, 4) is 0 Å². The number of esters is 1. The minimum absolute atomic E-state index is 0.209. The number of aromatic nitrogens is 1. The molecule has 0 spiro atoms. The third kappa shape index (κ3) is 3.45. The molecule has 1 aromatic heterocycles. The summed E-state index contributed by atoms with van der Waals surface area (Å²) in [4.78, 5) is 15.1. The predicted octanol–water partition coefficient (Wildman–Crippen LogP) is 3.39. The molecular formula is C10H9Br2F2NO2. The number of ether oxygens (including phenoxy) is 1. The maximum atomic E-state index is 12.8. The first kappa shape index (κ1) is 14.5. The van der Waals surface area contributed by atoms with Crippen molar-refractivity contribution in [1.29, 1.82) is 0 Å². The second-order valence-corrected chi connectivity index (χ2v) is 4.49. The second-order valence-electron chi connectivity index (χ2n) is 3.14. The number of carbonyl (C=O) groups excluding carboxylic acids is 1. The second kappa shape index (κ2) is 6.39. The highest BCUT2D eigenvalue weighted by Gasteiger charge is 2.21. The van der Waals surface area contributed by atoms with Crippen molar-refractivity contribution in [2.45, 2.75) is 18.2 Å². The summed E-state index contributed by atoms with van der Waals surface area (Å²) < 4.78 is 30.4. The summed E-state index contributed by atoms with van der Waals surface area (Å²) in [6.45, 7) is 0. The Balaban J connectivity index is 3.24. The maximum absolute atomic E-state index is 12.8. The molecule has 0 unspecified atom stereocenters. The number of methoxy groups -OCH3 is 1. The molecule has 7 heteroatoms. The molecule has 0 saturated carbocycles. The smallest absolute Gasteiger partial charge is 0.310 e. The number of carbonyl (C=O) groups is 1. The van der Waals surface area contributed by atoms with Gasteiger partial charge in [0.1, 0.15) is 0 Å². The molecular weight excluding hydrogens is 364 g/mol. The summed E-state index contributed by atoms with van der Waals surface area (Å²) in [5.74, 6) is -0.570. The third-order valence-electron chi connectivity index (χ3n) is 2.14. The van der Waals surface area contributed by atoms with E-state index in [1.54, 1.807) is 0 Å². The van der Waals surface area contributed by atoms with Crippen LogP contribution in [-0.4, -0.2) is 18.1 Å². The van der Waals surface area contributed by atoms with E-state index in [1.807, 2.05) is 0 Å². The highest BCUT2D eigenvalue weighted by atomic mass is 79.9. The topological polar surface area (TPSA) is 39.2 Å². The summed E-state index contributed by atoms with van der Waals surface area (Å²) in [6.07, 6.45) is -1.80. The zero-order valence-corrected chi connectivity index (χ0v) is 12.0. The molecule has 0 amide bonds. The first-order valence-electron chi connectivity index (χ1n) is 4.58. The van der Waals surface area contributed by atoms with Crippen LogP contribution < -0.4 is 0 Å². The van der Waals surface area contributed by atoms with E-state index in [-0.39, 0.29) is 17.5 Å². The third-order valence-corrected chi connectivity index (χ3v) is 3.60. The van der Waals surface area contributed by atoms with Crippen LogP contribution in [0.1, 0.15) is 23.2 Å². The maximum Gasteiger partial charge on any atom is 0.310 e. The van der Waals surface area contributed by atoms with Gasteiger partial charge in [-0.1, -0.05) is 15.9 Å². The average molecular weight is 373 g/mol. The predicted molar refractivity (Wildman–Crippen MR) is 65.2 cm³/mol. The van der Waals surface area contributed by atoms with Crippen LogP contribution in [0.4, 0.5) is 8.78 Å². The molecule has 0 radical (unpaired) electrons. The fourth-order valence-electron chi connectivity index (χ4n) is 1.26. The summed E-state index contributed by atoms with van der Waals surface area (Å²) >= 11 is 6.38. The number of halogens is 4. The molecule has 0 atom stereocenters. The Morgan fingerprint density at radius 3 is 2.71 bits per heavy atom. The standard InChI is InChI=1S/C10H9Br2F2NO2/c1-17-8(16)2-5-6(10(13)14)4-15-7(3-11)9(5)12/h4,10H,2-3H2,1H3. The molecule has 0 aliphatic carbocycles. The molecule has 17 heavy (non-hydrogen) atoms. The van der Waals surface area contributed by atoms with Gasteiger partial charge in [-0.15, -0.1) is 0 Å². The van der Waals surface area contributed by atoms with Crippen molar-refractivity contribution in [1.82, 2.24) is 4.98 Å². The van der Waals surface area contributed by atoms with E-state index in [0.29, 0.717) is 15.5 Å². The van der Waals surface area contributed by atoms with Crippen molar-refractivity contribution >= 4 is 37.8 Å².